The molecule has 1 aliphatic carbocycles. The summed E-state index contributed by atoms with van der Waals surface area (Å²) in [5.41, 5.74) is 6.44. The molecule has 1 atom stereocenters. The van der Waals surface area contributed by atoms with Crippen LogP contribution in [0.1, 0.15) is 31.5 Å². The zero-order valence-electron chi connectivity index (χ0n) is 8.81. The molecule has 5 nitrogen and oxygen atoms in total. The molecular formula is C10H16N4O. The van der Waals surface area contributed by atoms with Gasteiger partial charge < -0.3 is 15.6 Å². The van der Waals surface area contributed by atoms with Crippen LogP contribution in [0.2, 0.25) is 0 Å². The Morgan fingerprint density at radius 2 is 2.53 bits per heavy atom. The molecule has 3 N–H and O–H groups in total. The normalized spacial score (nSPS) is 17.5. The largest absolute Gasteiger partial charge is 0.352 e. The van der Waals surface area contributed by atoms with Gasteiger partial charge in [0.15, 0.2) is 0 Å². The highest BCUT2D eigenvalue weighted by Crippen LogP contribution is 2.20. The lowest BCUT2D eigenvalue weighted by atomic mass is 10.3. The Balaban J connectivity index is 2.04. The molecule has 5 heteroatoms. The van der Waals surface area contributed by atoms with Gasteiger partial charge in [-0.1, -0.05) is 0 Å². The van der Waals surface area contributed by atoms with Crippen LogP contribution in [-0.4, -0.2) is 21.5 Å². The first-order chi connectivity index (χ1) is 7.22. The van der Waals surface area contributed by atoms with E-state index in [4.69, 9.17) is 5.73 Å². The smallest absolute Gasteiger partial charge is 0.243 e. The van der Waals surface area contributed by atoms with E-state index in [1.165, 1.54) is 0 Å². The van der Waals surface area contributed by atoms with Crippen molar-refractivity contribution in [1.29, 1.82) is 0 Å². The molecule has 1 saturated carbocycles. The van der Waals surface area contributed by atoms with Gasteiger partial charge in [-0.25, -0.2) is 4.98 Å². The van der Waals surface area contributed by atoms with Crippen molar-refractivity contribution >= 4 is 5.91 Å². The number of nitrogens with two attached hydrogens (primary N) is 1. The minimum absolute atomic E-state index is 0.0465. The van der Waals surface area contributed by atoms with Crippen LogP contribution in [0.25, 0.3) is 0 Å². The van der Waals surface area contributed by atoms with Gasteiger partial charge in [0.25, 0.3) is 0 Å². The average Bonchev–Trinajstić information content (AvgIpc) is 2.92. The molecule has 1 heterocycles. The van der Waals surface area contributed by atoms with E-state index in [-0.39, 0.29) is 11.9 Å². The molecule has 0 aliphatic heterocycles. The van der Waals surface area contributed by atoms with Crippen LogP contribution in [0.3, 0.4) is 0 Å². The van der Waals surface area contributed by atoms with E-state index in [9.17, 15) is 4.79 Å². The van der Waals surface area contributed by atoms with Crippen molar-refractivity contribution in [3.05, 3.63) is 18.2 Å². The fourth-order valence-corrected chi connectivity index (χ4v) is 1.51. The number of nitrogens with zero attached hydrogens (tertiary/aromatic N) is 2. The van der Waals surface area contributed by atoms with Crippen molar-refractivity contribution in [3.63, 3.8) is 0 Å². The Morgan fingerprint density at radius 1 is 1.80 bits per heavy atom. The first-order valence-corrected chi connectivity index (χ1v) is 5.23. The van der Waals surface area contributed by atoms with Crippen LogP contribution in [-0.2, 0) is 11.3 Å². The number of rotatable bonds is 4. The van der Waals surface area contributed by atoms with Crippen molar-refractivity contribution < 1.29 is 4.79 Å². The van der Waals surface area contributed by atoms with Crippen molar-refractivity contribution in [2.75, 3.05) is 0 Å². The molecule has 15 heavy (non-hydrogen) atoms. The number of nitrogens with one attached hydrogen (secondary N) is 1. The monoisotopic (exact) mass is 208 g/mol. The third-order valence-electron chi connectivity index (χ3n) is 2.68. The van der Waals surface area contributed by atoms with Crippen LogP contribution in [0.4, 0.5) is 0 Å². The number of amides is 1. The van der Waals surface area contributed by atoms with Crippen molar-refractivity contribution in [3.8, 4) is 0 Å². The summed E-state index contributed by atoms with van der Waals surface area (Å²) in [5.74, 6) is 0.0465. The number of carbonyl (C=O) groups excluding carboxylic acids is 1. The summed E-state index contributed by atoms with van der Waals surface area (Å²) >= 11 is 0. The molecule has 0 bridgehead atoms. The lowest BCUT2D eigenvalue weighted by Gasteiger charge is -2.15. The van der Waals surface area contributed by atoms with Crippen LogP contribution < -0.4 is 11.1 Å². The molecule has 1 amide bonds. The molecular weight excluding hydrogens is 192 g/mol. The summed E-state index contributed by atoms with van der Waals surface area (Å²) in [6.07, 6.45) is 5.55. The van der Waals surface area contributed by atoms with Crippen LogP contribution in [0.5, 0.6) is 0 Å². The standard InChI is InChI=1S/C10H16N4O/c1-7(10(15)13-8-2-3-8)14-6-12-5-9(14)4-11/h5-8H,2-4,11H2,1H3,(H,13,15). The highest BCUT2D eigenvalue weighted by Gasteiger charge is 2.26. The Labute approximate surface area is 88.7 Å². The van der Waals surface area contributed by atoms with Gasteiger partial charge in [0.05, 0.1) is 12.0 Å². The second kappa shape index (κ2) is 4.02. The number of imidazole rings is 1. The minimum Gasteiger partial charge on any atom is -0.352 e. The molecule has 1 unspecified atom stereocenters. The first-order valence-electron chi connectivity index (χ1n) is 5.23. The van der Waals surface area contributed by atoms with Gasteiger partial charge in [0.2, 0.25) is 5.91 Å². The van der Waals surface area contributed by atoms with Crippen molar-refractivity contribution in [2.45, 2.75) is 38.4 Å². The molecule has 0 saturated heterocycles. The maximum absolute atomic E-state index is 11.8. The predicted molar refractivity (Wildman–Crippen MR) is 56.0 cm³/mol. The van der Waals surface area contributed by atoms with Crippen LogP contribution in [0.15, 0.2) is 12.5 Å². The summed E-state index contributed by atoms with van der Waals surface area (Å²) in [6.45, 7) is 2.26. The van der Waals surface area contributed by atoms with E-state index >= 15 is 0 Å². The van der Waals surface area contributed by atoms with Crippen LogP contribution in [0, 0.1) is 0 Å². The SMILES string of the molecule is CC(C(=O)NC1CC1)n1cncc1CN. The molecule has 1 aromatic rings. The Kier molecular flexibility index (Phi) is 2.73. The van der Waals surface area contributed by atoms with Crippen molar-refractivity contribution in [2.24, 2.45) is 5.73 Å². The summed E-state index contributed by atoms with van der Waals surface area (Å²) in [6, 6.07) is 0.163. The van der Waals surface area contributed by atoms with Gasteiger partial charge in [0.1, 0.15) is 6.04 Å². The van der Waals surface area contributed by atoms with E-state index in [1.54, 1.807) is 12.5 Å². The highest BCUT2D eigenvalue weighted by atomic mass is 16.2. The molecule has 2 rings (SSSR count). The van der Waals surface area contributed by atoms with Gasteiger partial charge in [-0.05, 0) is 19.8 Å². The number of hydrogen-bond acceptors (Lipinski definition) is 3. The molecule has 0 radical (unpaired) electrons. The lowest BCUT2D eigenvalue weighted by molar-refractivity contribution is -0.124. The lowest BCUT2D eigenvalue weighted by Crippen LogP contribution is -2.33. The van der Waals surface area contributed by atoms with Gasteiger partial charge in [-0.3, -0.25) is 4.79 Å². The maximum atomic E-state index is 11.8. The fourth-order valence-electron chi connectivity index (χ4n) is 1.51. The third kappa shape index (κ3) is 2.18. The van der Waals surface area contributed by atoms with E-state index in [0.717, 1.165) is 18.5 Å². The molecule has 0 aromatic carbocycles. The Morgan fingerprint density at radius 3 is 3.13 bits per heavy atom. The predicted octanol–water partition coefficient (Wildman–Crippen LogP) is 0.181. The molecule has 82 valence electrons. The quantitative estimate of drug-likeness (QED) is 0.741. The van der Waals surface area contributed by atoms with Crippen molar-refractivity contribution in [1.82, 2.24) is 14.9 Å². The van der Waals surface area contributed by atoms with Gasteiger partial charge in [-0.2, -0.15) is 0 Å². The fraction of sp³-hybridized carbons (Fsp3) is 0.600. The van der Waals surface area contributed by atoms with Gasteiger partial charge in [0, 0.05) is 18.8 Å². The van der Waals surface area contributed by atoms with E-state index in [1.807, 2.05) is 11.5 Å². The maximum Gasteiger partial charge on any atom is 0.243 e. The number of aromatic nitrogens is 2. The summed E-state index contributed by atoms with van der Waals surface area (Å²) in [5, 5.41) is 2.96. The second-order valence-corrected chi connectivity index (χ2v) is 3.96. The molecule has 1 fully saturated rings. The topological polar surface area (TPSA) is 72.9 Å². The minimum atomic E-state index is -0.230. The number of hydrogen-bond donors (Lipinski definition) is 2. The molecule has 1 aromatic heterocycles. The van der Waals surface area contributed by atoms with Gasteiger partial charge >= 0.3 is 0 Å². The third-order valence-corrected chi connectivity index (χ3v) is 2.68. The van der Waals surface area contributed by atoms with Crippen LogP contribution >= 0.6 is 0 Å². The van der Waals surface area contributed by atoms with E-state index in [2.05, 4.69) is 10.3 Å². The van der Waals surface area contributed by atoms with E-state index < -0.39 is 0 Å². The summed E-state index contributed by atoms with van der Waals surface area (Å²) < 4.78 is 1.82. The zero-order valence-corrected chi connectivity index (χ0v) is 8.81. The molecule has 0 spiro atoms. The second-order valence-electron chi connectivity index (χ2n) is 3.96. The highest BCUT2D eigenvalue weighted by molar-refractivity contribution is 5.80. The average molecular weight is 208 g/mol. The first kappa shape index (κ1) is 10.2. The Hall–Kier alpha value is -1.36. The van der Waals surface area contributed by atoms with Gasteiger partial charge in [-0.15, -0.1) is 0 Å². The zero-order chi connectivity index (χ0) is 10.8. The number of carbonyl (C=O) groups is 1. The molecule has 1 aliphatic rings. The Bertz CT molecular complexity index is 356. The summed E-state index contributed by atoms with van der Waals surface area (Å²) in [7, 11) is 0. The van der Waals surface area contributed by atoms with E-state index in [0.29, 0.717) is 12.6 Å². The summed E-state index contributed by atoms with van der Waals surface area (Å²) in [4.78, 5) is 15.8.